The van der Waals surface area contributed by atoms with E-state index in [2.05, 4.69) is 11.9 Å². The Hall–Kier alpha value is -3.46. The molecule has 1 N–H and O–H groups in total. The first-order chi connectivity index (χ1) is 17.0. The molecule has 35 heavy (non-hydrogen) atoms. The van der Waals surface area contributed by atoms with Gasteiger partial charge in [0.15, 0.2) is 0 Å². The molecule has 8 nitrogen and oxygen atoms in total. The van der Waals surface area contributed by atoms with Crippen LogP contribution in [0.25, 0.3) is 11.3 Å². The van der Waals surface area contributed by atoms with E-state index in [4.69, 9.17) is 9.84 Å². The average molecular weight is 494 g/mol. The first kappa shape index (κ1) is 24.7. The Bertz CT molecular complexity index is 1290. The summed E-state index contributed by atoms with van der Waals surface area (Å²) in [5, 5.41) is 5.30. The number of para-hydroxylation sites is 1. The fourth-order valence-corrected chi connectivity index (χ4v) is 5.14. The van der Waals surface area contributed by atoms with Crippen LogP contribution in [-0.2, 0) is 9.53 Å². The van der Waals surface area contributed by atoms with Crippen molar-refractivity contribution in [2.24, 2.45) is 0 Å². The minimum Gasteiger partial charge on any atom is -0.465 e. The van der Waals surface area contributed by atoms with E-state index in [1.807, 2.05) is 24.3 Å². The molecule has 0 radical (unpaired) electrons. The van der Waals surface area contributed by atoms with Crippen molar-refractivity contribution in [2.45, 2.75) is 50.9 Å². The molecule has 1 aliphatic heterocycles. The smallest absolute Gasteiger partial charge is 0.337 e. The number of unbranched alkanes of at least 4 members (excludes halogenated alkanes) is 3. The van der Waals surface area contributed by atoms with Crippen LogP contribution in [-0.4, -0.2) is 34.8 Å². The number of thioether (sulfide) groups is 1. The number of aromatic amines is 1. The Morgan fingerprint density at radius 2 is 1.86 bits per heavy atom. The predicted molar refractivity (Wildman–Crippen MR) is 134 cm³/mol. The van der Waals surface area contributed by atoms with Crippen LogP contribution in [0.5, 0.6) is 0 Å². The SMILES string of the molecule is CCCCCCSc1n[n+]2c(c(=O)[nH]1)-c1ccccc1N(C(C)=O)C2c1ccc(C(=O)OC)cc1. The number of esters is 1. The highest BCUT2D eigenvalue weighted by Crippen LogP contribution is 2.37. The molecule has 0 spiro atoms. The number of nitrogens with zero attached hydrogens (tertiary/aromatic N) is 3. The van der Waals surface area contributed by atoms with Crippen molar-refractivity contribution in [1.29, 1.82) is 0 Å². The van der Waals surface area contributed by atoms with Crippen LogP contribution in [0.1, 0.15) is 61.6 Å². The van der Waals surface area contributed by atoms with E-state index in [0.717, 1.165) is 25.0 Å². The Morgan fingerprint density at radius 3 is 2.54 bits per heavy atom. The van der Waals surface area contributed by atoms with E-state index in [1.54, 1.807) is 33.8 Å². The molecule has 0 aliphatic carbocycles. The summed E-state index contributed by atoms with van der Waals surface area (Å²) in [4.78, 5) is 42.8. The number of nitrogens with one attached hydrogen (secondary N) is 1. The van der Waals surface area contributed by atoms with Gasteiger partial charge in [0.2, 0.25) is 11.1 Å². The zero-order valence-corrected chi connectivity index (χ0v) is 20.9. The molecule has 9 heteroatoms. The van der Waals surface area contributed by atoms with Gasteiger partial charge in [-0.25, -0.2) is 9.69 Å². The number of hydrogen-bond donors (Lipinski definition) is 1. The standard InChI is InChI=1S/C26H28N4O4S/c1-4-5-6-9-16-35-26-27-23(32)22-20-10-7-8-11-21(20)29(17(2)31)24(30(22)28-26)18-12-14-19(15-13-18)25(33)34-3/h7-8,10-15,24H,4-6,9,16H2,1-3H3/p+1. The molecule has 0 bridgehead atoms. The van der Waals surface area contributed by atoms with Gasteiger partial charge in [-0.05, 0) is 47.5 Å². The molecule has 0 saturated heterocycles. The molecule has 1 aromatic heterocycles. The van der Waals surface area contributed by atoms with Gasteiger partial charge >= 0.3 is 17.2 Å². The molecule has 1 amide bonds. The summed E-state index contributed by atoms with van der Waals surface area (Å²) in [5.41, 5.74) is 2.51. The van der Waals surface area contributed by atoms with Crippen LogP contribution in [0.2, 0.25) is 0 Å². The largest absolute Gasteiger partial charge is 0.465 e. The molecule has 4 rings (SSSR count). The number of H-pyrrole nitrogens is 1. The second-order valence-corrected chi connectivity index (χ2v) is 9.44. The molecule has 2 aromatic carbocycles. The number of fused-ring (bicyclic) bond motifs is 3. The number of ether oxygens (including phenoxy) is 1. The van der Waals surface area contributed by atoms with E-state index >= 15 is 0 Å². The predicted octanol–water partition coefficient (Wildman–Crippen LogP) is 4.10. The van der Waals surface area contributed by atoms with Gasteiger partial charge in [-0.15, -0.1) is 0 Å². The summed E-state index contributed by atoms with van der Waals surface area (Å²) >= 11 is 1.50. The number of carbonyl (C=O) groups is 2. The Kier molecular flexibility index (Phi) is 7.65. The number of carbonyl (C=O) groups excluding carboxylic acids is 2. The van der Waals surface area contributed by atoms with E-state index in [0.29, 0.717) is 33.2 Å². The molecule has 182 valence electrons. The van der Waals surface area contributed by atoms with Crippen LogP contribution in [0.3, 0.4) is 0 Å². The number of aromatic nitrogens is 3. The van der Waals surface area contributed by atoms with E-state index in [-0.39, 0.29) is 11.5 Å². The summed E-state index contributed by atoms with van der Waals surface area (Å²) < 4.78 is 6.44. The van der Waals surface area contributed by atoms with Gasteiger partial charge in [0.05, 0.1) is 23.9 Å². The number of amides is 1. The molecular formula is C26H29N4O4S+. The highest BCUT2D eigenvalue weighted by Gasteiger charge is 2.44. The quantitative estimate of drug-likeness (QED) is 0.220. The van der Waals surface area contributed by atoms with Gasteiger partial charge < -0.3 is 4.74 Å². The minimum atomic E-state index is -0.689. The number of hydrogen-bond acceptors (Lipinski definition) is 6. The summed E-state index contributed by atoms with van der Waals surface area (Å²) in [7, 11) is 1.33. The molecule has 2 heterocycles. The summed E-state index contributed by atoms with van der Waals surface area (Å²) in [5.74, 6) is 0.209. The summed E-state index contributed by atoms with van der Waals surface area (Å²) in [6.45, 7) is 3.66. The Labute approximate surface area is 208 Å². The van der Waals surface area contributed by atoms with Crippen molar-refractivity contribution < 1.29 is 19.0 Å². The third-order valence-corrected chi connectivity index (χ3v) is 6.91. The normalized spacial score (nSPS) is 14.3. The van der Waals surface area contributed by atoms with Crippen LogP contribution >= 0.6 is 11.8 Å². The first-order valence-electron chi connectivity index (χ1n) is 11.7. The monoisotopic (exact) mass is 493 g/mol. The highest BCUT2D eigenvalue weighted by molar-refractivity contribution is 7.99. The lowest BCUT2D eigenvalue weighted by atomic mass is 10.0. The lowest BCUT2D eigenvalue weighted by Gasteiger charge is -2.31. The van der Waals surface area contributed by atoms with Gasteiger partial charge in [0.25, 0.3) is 6.17 Å². The van der Waals surface area contributed by atoms with Crippen molar-refractivity contribution in [3.8, 4) is 11.3 Å². The zero-order valence-electron chi connectivity index (χ0n) is 20.1. The van der Waals surface area contributed by atoms with Gasteiger partial charge in [-0.2, -0.15) is 0 Å². The first-order valence-corrected chi connectivity index (χ1v) is 12.7. The van der Waals surface area contributed by atoms with Crippen LogP contribution in [0.4, 0.5) is 5.69 Å². The molecule has 0 fully saturated rings. The van der Waals surface area contributed by atoms with Crippen molar-refractivity contribution >= 4 is 29.3 Å². The van der Waals surface area contributed by atoms with Crippen molar-refractivity contribution in [2.75, 3.05) is 17.8 Å². The molecule has 3 aromatic rings. The third kappa shape index (κ3) is 5.00. The number of benzene rings is 2. The second-order valence-electron chi connectivity index (χ2n) is 8.36. The summed E-state index contributed by atoms with van der Waals surface area (Å²) in [6.07, 6.45) is 3.81. The summed E-state index contributed by atoms with van der Waals surface area (Å²) in [6, 6.07) is 14.1. The Morgan fingerprint density at radius 1 is 1.11 bits per heavy atom. The lowest BCUT2D eigenvalue weighted by molar-refractivity contribution is -0.763. The zero-order chi connectivity index (χ0) is 24.9. The number of anilines is 1. The van der Waals surface area contributed by atoms with Crippen molar-refractivity contribution in [1.82, 2.24) is 10.1 Å². The van der Waals surface area contributed by atoms with E-state index < -0.39 is 12.1 Å². The maximum Gasteiger partial charge on any atom is 0.337 e. The fraction of sp³-hybridized carbons (Fsp3) is 0.346. The van der Waals surface area contributed by atoms with Gasteiger partial charge in [0.1, 0.15) is 0 Å². The topological polar surface area (TPSA) is 96.2 Å². The average Bonchev–Trinajstić information content (AvgIpc) is 2.87. The third-order valence-electron chi connectivity index (χ3n) is 5.96. The molecule has 0 saturated carbocycles. The second kappa shape index (κ2) is 10.9. The number of rotatable bonds is 8. The van der Waals surface area contributed by atoms with Crippen molar-refractivity contribution in [3.05, 3.63) is 70.0 Å². The van der Waals surface area contributed by atoms with Crippen molar-refractivity contribution in [3.63, 3.8) is 0 Å². The molecular weight excluding hydrogens is 464 g/mol. The number of methoxy groups -OCH3 is 1. The van der Waals surface area contributed by atoms with Gasteiger partial charge in [-0.1, -0.05) is 50.1 Å². The van der Waals surface area contributed by atoms with Crippen LogP contribution < -0.4 is 15.1 Å². The Balaban J connectivity index is 1.83. The van der Waals surface area contributed by atoms with Gasteiger partial charge in [0, 0.05) is 23.3 Å². The maximum atomic E-state index is 13.3. The fourth-order valence-electron chi connectivity index (χ4n) is 4.28. The van der Waals surface area contributed by atoms with E-state index in [1.165, 1.54) is 32.2 Å². The minimum absolute atomic E-state index is 0.187. The van der Waals surface area contributed by atoms with E-state index in [9.17, 15) is 14.4 Å². The molecule has 1 atom stereocenters. The lowest BCUT2D eigenvalue weighted by Crippen LogP contribution is -2.60. The maximum absolute atomic E-state index is 13.3. The molecule has 1 unspecified atom stereocenters. The van der Waals surface area contributed by atoms with Crippen LogP contribution in [0, 0.1) is 0 Å². The molecule has 1 aliphatic rings. The highest BCUT2D eigenvalue weighted by atomic mass is 32.2. The van der Waals surface area contributed by atoms with Crippen LogP contribution in [0.15, 0.2) is 58.5 Å². The van der Waals surface area contributed by atoms with Gasteiger partial charge in [-0.3, -0.25) is 14.6 Å².